The quantitative estimate of drug-likeness (QED) is 0.0317. The maximum atomic E-state index is 14.7. The number of nitrogens with zero attached hydrogens (tertiary/aromatic N) is 3. The van der Waals surface area contributed by atoms with Crippen molar-refractivity contribution in [1.82, 2.24) is 4.90 Å². The topological polar surface area (TPSA) is 162 Å². The molecule has 13 nitrogen and oxygen atoms in total. The summed E-state index contributed by atoms with van der Waals surface area (Å²) in [6, 6.07) is 22.8. The number of hydrogen-bond donors (Lipinski definition) is 2. The number of amides is 1. The molecule has 4 aromatic carbocycles. The van der Waals surface area contributed by atoms with Crippen LogP contribution >= 0.6 is 0 Å². The lowest BCUT2D eigenvalue weighted by atomic mass is 9.55. The Morgan fingerprint density at radius 1 is 0.926 bits per heavy atom. The number of rotatable bonds is 23. The van der Waals surface area contributed by atoms with Gasteiger partial charge in [0, 0.05) is 49.8 Å². The number of carbonyl (C=O) groups excluding carboxylic acids is 1. The van der Waals surface area contributed by atoms with Gasteiger partial charge in [-0.1, -0.05) is 54.4 Å². The van der Waals surface area contributed by atoms with Gasteiger partial charge in [0.15, 0.2) is 0 Å². The largest absolute Gasteiger partial charge is 0.459 e. The van der Waals surface area contributed by atoms with Crippen LogP contribution in [0.5, 0.6) is 17.2 Å². The Kier molecular flexibility index (Phi) is 16.8. The Hall–Kier alpha value is -6.35. The summed E-state index contributed by atoms with van der Waals surface area (Å²) in [5, 5.41) is 36.3. The molecule has 3 aliphatic rings. The average Bonchev–Trinajstić information content (AvgIpc) is 3.33. The van der Waals surface area contributed by atoms with Gasteiger partial charge in [-0.25, -0.2) is 9.18 Å². The highest BCUT2D eigenvalue weighted by Crippen LogP contribution is 2.62. The summed E-state index contributed by atoms with van der Waals surface area (Å²) in [6.07, 6.45) is 9.56. The number of unbranched alkanes of at least 4 members (excludes halogenated alkanes) is 2. The molecule has 7 rings (SSSR count). The molecule has 1 saturated carbocycles. The van der Waals surface area contributed by atoms with E-state index in [1.54, 1.807) is 41.3 Å². The van der Waals surface area contributed by atoms with E-state index in [0.29, 0.717) is 53.3 Å². The SMILES string of the molecule is C=CCCOC(=O)N(Cc1ccc(F)cc1)C1CC(=NOCc2ccc([N+](=O)[O-])cc2)C2=CC(CCCCO)C(CCCCO)C3c4cc(Oc5ccc(C)c(C)c5)ccc4OC1(OCC=C)C23. The van der Waals surface area contributed by atoms with Crippen LogP contribution in [-0.2, 0) is 27.5 Å². The molecule has 1 amide bonds. The van der Waals surface area contributed by atoms with E-state index in [9.17, 15) is 29.5 Å². The fourth-order valence-electron chi connectivity index (χ4n) is 9.92. The Bertz CT molecular complexity index is 2460. The molecule has 2 aliphatic carbocycles. The third kappa shape index (κ3) is 11.3. The minimum absolute atomic E-state index is 0.00321. The van der Waals surface area contributed by atoms with Crippen molar-refractivity contribution in [2.24, 2.45) is 22.9 Å². The number of carbonyl (C=O) groups is 1. The second kappa shape index (κ2) is 23.1. The van der Waals surface area contributed by atoms with Crippen molar-refractivity contribution >= 4 is 17.5 Å². The number of aryl methyl sites for hydroxylation is 2. The molecular weight excluding hydrogens is 870 g/mol. The summed E-state index contributed by atoms with van der Waals surface area (Å²) >= 11 is 0. The molecule has 0 saturated heterocycles. The summed E-state index contributed by atoms with van der Waals surface area (Å²) in [4.78, 5) is 33.4. The van der Waals surface area contributed by atoms with E-state index in [4.69, 9.17) is 28.9 Å². The van der Waals surface area contributed by atoms with Crippen LogP contribution in [0, 0.1) is 47.5 Å². The standard InChI is InChI=1S/C54H62FN3O10/c1-5-7-29-64-53(61)57(34-38-15-19-41(55)20-16-38)50-33-48(56-66-35-39-17-21-42(22-18-39)58(62)63)46-31-40(12-8-10-26-59)45(13-9-11-27-60)51-47-32-44(67-43-23-14-36(3)37(4)30-43)24-25-49(47)68-54(50,52(46)51)65-28-6-2/h5-6,14-25,30-32,40,45,50-52,59-60H,1-2,7-13,26-29,33-35H2,3-4H3. The van der Waals surface area contributed by atoms with E-state index in [-0.39, 0.29) is 69.4 Å². The third-order valence-electron chi connectivity index (χ3n) is 13.3. The van der Waals surface area contributed by atoms with E-state index in [1.807, 2.05) is 43.3 Å². The van der Waals surface area contributed by atoms with Gasteiger partial charge in [0.25, 0.3) is 5.69 Å². The van der Waals surface area contributed by atoms with Crippen molar-refractivity contribution in [3.63, 3.8) is 0 Å². The first kappa shape index (κ1) is 49.6. The highest BCUT2D eigenvalue weighted by molar-refractivity contribution is 6.03. The minimum atomic E-state index is -1.59. The Morgan fingerprint density at radius 2 is 1.63 bits per heavy atom. The van der Waals surface area contributed by atoms with Gasteiger partial charge in [-0.15, -0.1) is 13.2 Å². The molecule has 4 aromatic rings. The van der Waals surface area contributed by atoms with Crippen LogP contribution in [-0.4, -0.2) is 70.1 Å². The van der Waals surface area contributed by atoms with Crippen LogP contribution in [0.4, 0.5) is 14.9 Å². The van der Waals surface area contributed by atoms with Crippen LogP contribution in [0.3, 0.4) is 0 Å². The molecule has 0 spiro atoms. The third-order valence-corrected chi connectivity index (χ3v) is 13.3. The Labute approximate surface area is 397 Å². The molecule has 1 fully saturated rings. The van der Waals surface area contributed by atoms with Crippen LogP contribution in [0.2, 0.25) is 0 Å². The molecule has 2 N–H and O–H groups in total. The number of aliphatic hydroxyl groups is 2. The predicted octanol–water partition coefficient (Wildman–Crippen LogP) is 11.2. The average molecular weight is 932 g/mol. The van der Waals surface area contributed by atoms with Crippen LogP contribution in [0.25, 0.3) is 0 Å². The maximum Gasteiger partial charge on any atom is 0.410 e. The van der Waals surface area contributed by atoms with Crippen LogP contribution in [0.1, 0.15) is 85.1 Å². The zero-order valence-electron chi connectivity index (χ0n) is 38.9. The molecule has 0 aromatic heterocycles. The Morgan fingerprint density at radius 3 is 2.32 bits per heavy atom. The lowest BCUT2D eigenvalue weighted by molar-refractivity contribution is -0.384. The number of nitro groups is 1. The first-order valence-electron chi connectivity index (χ1n) is 23.5. The number of ether oxygens (including phenoxy) is 4. The van der Waals surface area contributed by atoms with Gasteiger partial charge in [-0.2, -0.15) is 0 Å². The summed E-state index contributed by atoms with van der Waals surface area (Å²) in [7, 11) is 0. The maximum absolute atomic E-state index is 14.7. The number of non-ortho nitro benzene ring substituents is 1. The zero-order chi connectivity index (χ0) is 48.2. The molecule has 14 heteroatoms. The number of halogens is 1. The number of nitro benzene ring substituents is 1. The molecule has 360 valence electrons. The molecule has 68 heavy (non-hydrogen) atoms. The van der Waals surface area contributed by atoms with Gasteiger partial charge in [-0.05, 0) is 140 Å². The van der Waals surface area contributed by atoms with E-state index in [0.717, 1.165) is 47.9 Å². The van der Waals surface area contributed by atoms with Crippen LogP contribution < -0.4 is 9.47 Å². The van der Waals surface area contributed by atoms with Gasteiger partial charge in [-0.3, -0.25) is 15.0 Å². The molecule has 0 bridgehead atoms. The van der Waals surface area contributed by atoms with Crippen molar-refractivity contribution in [3.8, 4) is 17.2 Å². The number of allylic oxidation sites excluding steroid dienone is 1. The predicted molar refractivity (Wildman–Crippen MR) is 257 cm³/mol. The minimum Gasteiger partial charge on any atom is -0.459 e. The van der Waals surface area contributed by atoms with Gasteiger partial charge in [0.1, 0.15) is 35.7 Å². The zero-order valence-corrected chi connectivity index (χ0v) is 38.9. The lowest BCUT2D eigenvalue weighted by Crippen LogP contribution is -2.70. The summed E-state index contributed by atoms with van der Waals surface area (Å²) in [5.74, 6) is -1.22. The highest BCUT2D eigenvalue weighted by atomic mass is 19.1. The Balaban J connectivity index is 1.45. The molecule has 0 radical (unpaired) electrons. The molecule has 1 aliphatic heterocycles. The van der Waals surface area contributed by atoms with Gasteiger partial charge in [0.2, 0.25) is 5.79 Å². The van der Waals surface area contributed by atoms with Crippen molar-refractivity contribution in [2.75, 3.05) is 26.4 Å². The second-order valence-electron chi connectivity index (χ2n) is 17.8. The van der Waals surface area contributed by atoms with Crippen molar-refractivity contribution in [3.05, 3.63) is 166 Å². The summed E-state index contributed by atoms with van der Waals surface area (Å²) < 4.78 is 41.4. The lowest BCUT2D eigenvalue weighted by Gasteiger charge is -2.59. The second-order valence-corrected chi connectivity index (χ2v) is 17.8. The fraction of sp³-hybridized carbons (Fsp3) is 0.407. The molecule has 6 atom stereocenters. The summed E-state index contributed by atoms with van der Waals surface area (Å²) in [5.41, 5.74) is 5.72. The normalized spacial score (nSPS) is 21.9. The number of aliphatic hydroxyl groups excluding tert-OH is 2. The van der Waals surface area contributed by atoms with E-state index >= 15 is 0 Å². The van der Waals surface area contributed by atoms with E-state index in [1.165, 1.54) is 24.3 Å². The van der Waals surface area contributed by atoms with Gasteiger partial charge < -0.3 is 34.0 Å². The number of oxime groups is 1. The smallest absolute Gasteiger partial charge is 0.410 e. The van der Waals surface area contributed by atoms with Gasteiger partial charge in [0.05, 0.1) is 29.8 Å². The van der Waals surface area contributed by atoms with Crippen LogP contribution in [0.15, 0.2) is 127 Å². The molecule has 1 heterocycles. The van der Waals surface area contributed by atoms with E-state index in [2.05, 4.69) is 26.2 Å². The van der Waals surface area contributed by atoms with Crippen molar-refractivity contribution in [2.45, 2.75) is 96.1 Å². The van der Waals surface area contributed by atoms with E-state index < -0.39 is 34.6 Å². The van der Waals surface area contributed by atoms with Crippen molar-refractivity contribution < 1.29 is 48.1 Å². The first-order valence-corrected chi connectivity index (χ1v) is 23.5. The number of fused-ring (bicyclic) bond motifs is 2. The first-order chi connectivity index (χ1) is 33.0. The molecule has 6 unspecified atom stereocenters. The molecular formula is C54H62FN3O10. The monoisotopic (exact) mass is 931 g/mol. The summed E-state index contributed by atoms with van der Waals surface area (Å²) in [6.45, 7) is 12.1. The highest BCUT2D eigenvalue weighted by Gasteiger charge is 2.65. The number of hydrogen-bond acceptors (Lipinski definition) is 11. The van der Waals surface area contributed by atoms with Gasteiger partial charge >= 0.3 is 6.09 Å². The number of benzene rings is 4. The fourth-order valence-corrected chi connectivity index (χ4v) is 9.92. The van der Waals surface area contributed by atoms with Crippen molar-refractivity contribution in [1.29, 1.82) is 0 Å².